The second kappa shape index (κ2) is 4.58. The molecule has 0 saturated carbocycles. The molecule has 0 fully saturated rings. The van der Waals surface area contributed by atoms with Gasteiger partial charge >= 0.3 is 0 Å². The fourth-order valence-electron chi connectivity index (χ4n) is 2.06. The summed E-state index contributed by atoms with van der Waals surface area (Å²) in [7, 11) is 0. The van der Waals surface area contributed by atoms with Gasteiger partial charge in [0.05, 0.1) is 23.8 Å². The number of hydrogen-bond donors (Lipinski definition) is 1. The predicted octanol–water partition coefficient (Wildman–Crippen LogP) is 2.44. The molecule has 0 spiro atoms. The van der Waals surface area contributed by atoms with Crippen molar-refractivity contribution in [2.75, 3.05) is 0 Å². The number of fused-ring (bicyclic) bond motifs is 1. The Morgan fingerprint density at radius 2 is 2.21 bits per heavy atom. The zero-order chi connectivity index (χ0) is 13.4. The van der Waals surface area contributed by atoms with Crippen LogP contribution in [0, 0.1) is 17.5 Å². The maximum absolute atomic E-state index is 13.5. The Morgan fingerprint density at radius 1 is 1.37 bits per heavy atom. The van der Waals surface area contributed by atoms with Gasteiger partial charge in [-0.05, 0) is 36.8 Å². The Labute approximate surface area is 113 Å². The highest BCUT2D eigenvalue weighted by Gasteiger charge is 2.08. The summed E-state index contributed by atoms with van der Waals surface area (Å²) in [5, 5.41) is 7.66. The van der Waals surface area contributed by atoms with Gasteiger partial charge in [-0.1, -0.05) is 5.21 Å². The van der Waals surface area contributed by atoms with Crippen molar-refractivity contribution >= 4 is 23.3 Å². The fraction of sp³-hybridized carbons (Fsp3) is 0.250. The normalized spacial score (nSPS) is 11.3. The van der Waals surface area contributed by atoms with Gasteiger partial charge in [0.25, 0.3) is 0 Å². The van der Waals surface area contributed by atoms with Crippen molar-refractivity contribution in [1.29, 1.82) is 0 Å². The maximum atomic E-state index is 13.5. The highest BCUT2D eigenvalue weighted by Crippen LogP contribution is 2.18. The van der Waals surface area contributed by atoms with E-state index in [1.807, 2.05) is 4.57 Å². The van der Waals surface area contributed by atoms with E-state index in [9.17, 15) is 4.39 Å². The molecule has 1 N–H and O–H groups in total. The van der Waals surface area contributed by atoms with Gasteiger partial charge in [0, 0.05) is 12.7 Å². The summed E-state index contributed by atoms with van der Waals surface area (Å²) in [4.78, 5) is 3.02. The molecule has 0 aliphatic rings. The lowest BCUT2D eigenvalue weighted by Gasteiger charge is -2.05. The van der Waals surface area contributed by atoms with Gasteiger partial charge < -0.3 is 9.55 Å². The molecule has 0 bridgehead atoms. The van der Waals surface area contributed by atoms with E-state index in [-0.39, 0.29) is 5.82 Å². The van der Waals surface area contributed by atoms with Crippen LogP contribution in [0.4, 0.5) is 4.39 Å². The van der Waals surface area contributed by atoms with Crippen LogP contribution >= 0.6 is 12.2 Å². The van der Waals surface area contributed by atoms with Crippen LogP contribution in [0.2, 0.25) is 0 Å². The molecule has 0 saturated heterocycles. The Morgan fingerprint density at radius 3 is 2.95 bits per heavy atom. The number of aromatic nitrogens is 5. The van der Waals surface area contributed by atoms with Crippen LogP contribution in [-0.2, 0) is 13.1 Å². The number of halogens is 1. The van der Waals surface area contributed by atoms with Gasteiger partial charge in [-0.3, -0.25) is 4.68 Å². The first kappa shape index (κ1) is 12.0. The van der Waals surface area contributed by atoms with Crippen LogP contribution in [0.25, 0.3) is 11.0 Å². The van der Waals surface area contributed by atoms with E-state index in [0.29, 0.717) is 28.9 Å². The average Bonchev–Trinajstić information content (AvgIpc) is 2.96. The van der Waals surface area contributed by atoms with Crippen molar-refractivity contribution in [2.24, 2.45) is 0 Å². The lowest BCUT2D eigenvalue weighted by atomic mass is 10.2. The molecule has 5 nitrogen and oxygen atoms in total. The van der Waals surface area contributed by atoms with Gasteiger partial charge in [0.1, 0.15) is 5.82 Å². The summed E-state index contributed by atoms with van der Waals surface area (Å²) in [5.41, 5.74) is 2.23. The Kier molecular flexibility index (Phi) is 2.90. The van der Waals surface area contributed by atoms with E-state index >= 15 is 0 Å². The molecule has 98 valence electrons. The lowest BCUT2D eigenvalue weighted by molar-refractivity contribution is 0.523. The third-order valence-electron chi connectivity index (χ3n) is 3.08. The molecule has 0 radical (unpaired) electrons. The van der Waals surface area contributed by atoms with E-state index in [2.05, 4.69) is 15.3 Å². The number of benzene rings is 1. The highest BCUT2D eigenvalue weighted by atomic mass is 32.1. The second-order valence-corrected chi connectivity index (χ2v) is 4.75. The largest absolute Gasteiger partial charge is 0.330 e. The van der Waals surface area contributed by atoms with Crippen molar-refractivity contribution in [3.05, 3.63) is 40.7 Å². The standard InChI is InChI=1S/C12H12FN5S/c1-8-6-11-10(7-9(8)13)15-12(19)18(11)5-4-17-3-2-14-16-17/h2-3,6-7H,4-5H2,1H3,(H,15,19). The molecule has 7 heteroatoms. The molecule has 3 rings (SSSR count). The molecule has 0 unspecified atom stereocenters. The fourth-order valence-corrected chi connectivity index (χ4v) is 2.36. The molecule has 1 aromatic carbocycles. The smallest absolute Gasteiger partial charge is 0.178 e. The Bertz CT molecular complexity index is 771. The quantitative estimate of drug-likeness (QED) is 0.748. The summed E-state index contributed by atoms with van der Waals surface area (Å²) < 4.78 is 17.8. The van der Waals surface area contributed by atoms with Crippen LogP contribution in [0.1, 0.15) is 5.56 Å². The Hall–Kier alpha value is -2.02. The van der Waals surface area contributed by atoms with E-state index in [0.717, 1.165) is 5.52 Å². The van der Waals surface area contributed by atoms with Crippen LogP contribution in [0.3, 0.4) is 0 Å². The van der Waals surface area contributed by atoms with Gasteiger partial charge in [-0.25, -0.2) is 4.39 Å². The molecule has 0 aliphatic carbocycles. The van der Waals surface area contributed by atoms with Crippen LogP contribution in [-0.4, -0.2) is 24.5 Å². The SMILES string of the molecule is Cc1cc2c(cc1F)[nH]c(=S)n2CCn1ccnn1. The van der Waals surface area contributed by atoms with E-state index in [4.69, 9.17) is 12.2 Å². The minimum absolute atomic E-state index is 0.229. The molecular weight excluding hydrogens is 265 g/mol. The number of nitrogens with zero attached hydrogens (tertiary/aromatic N) is 4. The molecule has 0 aliphatic heterocycles. The minimum Gasteiger partial charge on any atom is -0.330 e. The first-order chi connectivity index (χ1) is 9.15. The summed E-state index contributed by atoms with van der Waals surface area (Å²) >= 11 is 5.27. The summed E-state index contributed by atoms with van der Waals surface area (Å²) in [6.45, 7) is 3.07. The van der Waals surface area contributed by atoms with Gasteiger partial charge in [0.2, 0.25) is 0 Å². The van der Waals surface area contributed by atoms with Crippen molar-refractivity contribution in [3.8, 4) is 0 Å². The molecule has 0 amide bonds. The number of H-pyrrole nitrogens is 1. The maximum Gasteiger partial charge on any atom is 0.178 e. The third-order valence-corrected chi connectivity index (χ3v) is 3.40. The molecular formula is C12H12FN5S. The van der Waals surface area contributed by atoms with E-state index < -0.39 is 0 Å². The second-order valence-electron chi connectivity index (χ2n) is 4.37. The molecule has 2 aromatic heterocycles. The molecule has 2 heterocycles. The number of rotatable bonds is 3. The number of hydrogen-bond acceptors (Lipinski definition) is 3. The van der Waals surface area contributed by atoms with Crippen molar-refractivity contribution in [3.63, 3.8) is 0 Å². The van der Waals surface area contributed by atoms with Gasteiger partial charge in [-0.15, -0.1) is 5.10 Å². The number of aromatic amines is 1. The van der Waals surface area contributed by atoms with Gasteiger partial charge in [-0.2, -0.15) is 0 Å². The highest BCUT2D eigenvalue weighted by molar-refractivity contribution is 7.71. The van der Waals surface area contributed by atoms with Crippen LogP contribution in [0.5, 0.6) is 0 Å². The first-order valence-electron chi connectivity index (χ1n) is 5.88. The zero-order valence-corrected chi connectivity index (χ0v) is 11.1. The minimum atomic E-state index is -0.229. The Balaban J connectivity index is 2.00. The van der Waals surface area contributed by atoms with E-state index in [1.54, 1.807) is 30.1 Å². The topological polar surface area (TPSA) is 51.4 Å². The first-order valence-corrected chi connectivity index (χ1v) is 6.29. The molecule has 0 atom stereocenters. The molecule has 19 heavy (non-hydrogen) atoms. The average molecular weight is 277 g/mol. The predicted molar refractivity (Wildman–Crippen MR) is 71.8 cm³/mol. The molecule has 3 aromatic rings. The lowest BCUT2D eigenvalue weighted by Crippen LogP contribution is -2.08. The van der Waals surface area contributed by atoms with Crippen molar-refractivity contribution in [1.82, 2.24) is 24.5 Å². The number of aryl methyl sites for hydroxylation is 3. The summed E-state index contributed by atoms with van der Waals surface area (Å²) in [6, 6.07) is 3.28. The number of imidazole rings is 1. The van der Waals surface area contributed by atoms with Crippen LogP contribution < -0.4 is 0 Å². The summed E-state index contributed by atoms with van der Waals surface area (Å²) in [5.74, 6) is -0.229. The van der Waals surface area contributed by atoms with Crippen LogP contribution in [0.15, 0.2) is 24.5 Å². The monoisotopic (exact) mass is 277 g/mol. The van der Waals surface area contributed by atoms with Gasteiger partial charge in [0.15, 0.2) is 4.77 Å². The third kappa shape index (κ3) is 2.17. The van der Waals surface area contributed by atoms with Crippen molar-refractivity contribution in [2.45, 2.75) is 20.0 Å². The van der Waals surface area contributed by atoms with E-state index in [1.165, 1.54) is 6.07 Å². The zero-order valence-electron chi connectivity index (χ0n) is 10.3. The van der Waals surface area contributed by atoms with Crippen molar-refractivity contribution < 1.29 is 4.39 Å². The number of nitrogens with one attached hydrogen (secondary N) is 1. The summed E-state index contributed by atoms with van der Waals surface area (Å²) in [6.07, 6.45) is 3.43.